The van der Waals surface area contributed by atoms with Gasteiger partial charge < -0.3 is 10.1 Å². The van der Waals surface area contributed by atoms with Gasteiger partial charge in [0.2, 0.25) is 0 Å². The quantitative estimate of drug-likeness (QED) is 0.623. The molecule has 0 radical (unpaired) electrons. The van der Waals surface area contributed by atoms with E-state index in [9.17, 15) is 8.78 Å². The molecular weight excluding hydrogens is 340 g/mol. The van der Waals surface area contributed by atoms with Crippen molar-refractivity contribution in [2.75, 3.05) is 7.11 Å². The smallest absolute Gasteiger partial charge is 0.165 e. The molecule has 0 saturated carbocycles. The molecular formula is C20H19F2NOS. The van der Waals surface area contributed by atoms with E-state index < -0.39 is 0 Å². The van der Waals surface area contributed by atoms with Crippen LogP contribution in [0.1, 0.15) is 23.4 Å². The maximum Gasteiger partial charge on any atom is 0.165 e. The average molecular weight is 359 g/mol. The Morgan fingerprint density at radius 1 is 1.04 bits per heavy atom. The van der Waals surface area contributed by atoms with Crippen LogP contribution in [0.3, 0.4) is 0 Å². The van der Waals surface area contributed by atoms with Gasteiger partial charge in [-0.2, -0.15) is 0 Å². The lowest BCUT2D eigenvalue weighted by molar-refractivity contribution is 0.385. The van der Waals surface area contributed by atoms with Gasteiger partial charge in [0, 0.05) is 27.9 Å². The molecule has 1 heterocycles. The largest absolute Gasteiger partial charge is 0.494 e. The minimum atomic E-state index is -0.369. The van der Waals surface area contributed by atoms with Crippen molar-refractivity contribution in [2.24, 2.45) is 0 Å². The number of hydrogen-bond acceptors (Lipinski definition) is 3. The third-order valence-corrected chi connectivity index (χ3v) is 5.18. The summed E-state index contributed by atoms with van der Waals surface area (Å²) >= 11 is 1.55. The monoisotopic (exact) mass is 359 g/mol. The van der Waals surface area contributed by atoms with Crippen molar-refractivity contribution in [1.82, 2.24) is 5.32 Å². The maximum atomic E-state index is 13.9. The van der Waals surface area contributed by atoms with Crippen LogP contribution in [-0.4, -0.2) is 7.11 Å². The Bertz CT molecular complexity index is 862. The van der Waals surface area contributed by atoms with Gasteiger partial charge in [-0.25, -0.2) is 8.78 Å². The zero-order valence-corrected chi connectivity index (χ0v) is 14.9. The van der Waals surface area contributed by atoms with Crippen molar-refractivity contribution in [3.8, 4) is 16.2 Å². The first-order valence-corrected chi connectivity index (χ1v) is 8.80. The molecule has 1 atom stereocenters. The van der Waals surface area contributed by atoms with Gasteiger partial charge in [-0.1, -0.05) is 24.3 Å². The van der Waals surface area contributed by atoms with Crippen molar-refractivity contribution in [1.29, 1.82) is 0 Å². The van der Waals surface area contributed by atoms with E-state index in [2.05, 4.69) is 5.32 Å². The van der Waals surface area contributed by atoms with Crippen molar-refractivity contribution in [3.05, 3.63) is 76.7 Å². The Labute approximate surface area is 150 Å². The van der Waals surface area contributed by atoms with E-state index in [0.717, 1.165) is 15.3 Å². The first-order valence-electron chi connectivity index (χ1n) is 7.99. The van der Waals surface area contributed by atoms with Gasteiger partial charge in [-0.3, -0.25) is 0 Å². The molecule has 3 aromatic rings. The molecule has 0 fully saturated rings. The third-order valence-electron chi connectivity index (χ3n) is 4.06. The van der Waals surface area contributed by atoms with Crippen LogP contribution >= 0.6 is 11.3 Å². The van der Waals surface area contributed by atoms with E-state index in [-0.39, 0.29) is 23.4 Å². The molecule has 130 valence electrons. The molecule has 0 aliphatic rings. The van der Waals surface area contributed by atoms with Crippen LogP contribution in [0.15, 0.2) is 54.6 Å². The highest BCUT2D eigenvalue weighted by Crippen LogP contribution is 2.30. The van der Waals surface area contributed by atoms with Crippen molar-refractivity contribution in [3.63, 3.8) is 0 Å². The SMILES string of the molecule is COc1ccc([C@@H](C)NCc2ccc(-c3ccccc3F)s2)cc1F. The second-order valence-corrected chi connectivity index (χ2v) is 6.91. The molecule has 0 spiro atoms. The van der Waals surface area contributed by atoms with E-state index in [1.165, 1.54) is 19.2 Å². The average Bonchev–Trinajstić information content (AvgIpc) is 3.08. The van der Waals surface area contributed by atoms with Crippen molar-refractivity contribution >= 4 is 11.3 Å². The Balaban J connectivity index is 1.66. The minimum absolute atomic E-state index is 0.0144. The molecule has 2 nitrogen and oxygen atoms in total. The Hall–Kier alpha value is -2.24. The summed E-state index contributed by atoms with van der Waals surface area (Å²) in [6.45, 7) is 2.61. The van der Waals surface area contributed by atoms with Crippen LogP contribution in [0.4, 0.5) is 8.78 Å². The van der Waals surface area contributed by atoms with Crippen molar-refractivity contribution in [2.45, 2.75) is 19.5 Å². The normalized spacial score (nSPS) is 12.2. The summed E-state index contributed by atoms with van der Waals surface area (Å²) in [6, 6.07) is 15.6. The van der Waals surface area contributed by atoms with Crippen molar-refractivity contribution < 1.29 is 13.5 Å². The number of rotatable bonds is 6. The first-order chi connectivity index (χ1) is 12.1. The predicted molar refractivity (Wildman–Crippen MR) is 97.9 cm³/mol. The summed E-state index contributed by atoms with van der Waals surface area (Å²) < 4.78 is 32.6. The second-order valence-electron chi connectivity index (χ2n) is 5.74. The van der Waals surface area contributed by atoms with E-state index in [4.69, 9.17) is 4.74 Å². The molecule has 25 heavy (non-hydrogen) atoms. The van der Waals surface area contributed by atoms with Gasteiger partial charge in [-0.15, -0.1) is 11.3 Å². The highest BCUT2D eigenvalue weighted by Gasteiger charge is 2.11. The summed E-state index contributed by atoms with van der Waals surface area (Å²) in [5.41, 5.74) is 1.47. The van der Waals surface area contributed by atoms with Gasteiger partial charge in [0.1, 0.15) is 5.82 Å². The molecule has 0 aliphatic heterocycles. The van der Waals surface area contributed by atoms with Crippen LogP contribution in [-0.2, 0) is 6.54 Å². The third kappa shape index (κ3) is 4.06. The fraction of sp³-hybridized carbons (Fsp3) is 0.200. The van der Waals surface area contributed by atoms with E-state index in [1.807, 2.05) is 31.2 Å². The molecule has 5 heteroatoms. The highest BCUT2D eigenvalue weighted by atomic mass is 32.1. The summed E-state index contributed by atoms with van der Waals surface area (Å²) in [7, 11) is 1.45. The number of hydrogen-bond donors (Lipinski definition) is 1. The molecule has 1 N–H and O–H groups in total. The van der Waals surface area contributed by atoms with Crippen LogP contribution in [0, 0.1) is 11.6 Å². The number of thiophene rings is 1. The molecule has 0 bridgehead atoms. The van der Waals surface area contributed by atoms with Crippen LogP contribution < -0.4 is 10.1 Å². The Morgan fingerprint density at radius 2 is 1.84 bits per heavy atom. The number of halogens is 2. The maximum absolute atomic E-state index is 13.9. The molecule has 2 aromatic carbocycles. The summed E-state index contributed by atoms with van der Waals surface area (Å²) in [6.07, 6.45) is 0. The lowest BCUT2D eigenvalue weighted by Crippen LogP contribution is -2.17. The second kappa shape index (κ2) is 7.76. The molecule has 0 saturated heterocycles. The summed E-state index contributed by atoms with van der Waals surface area (Å²) in [4.78, 5) is 2.00. The van der Waals surface area contributed by atoms with E-state index in [0.29, 0.717) is 12.1 Å². The zero-order valence-electron chi connectivity index (χ0n) is 14.1. The Kier molecular flexibility index (Phi) is 5.46. The number of methoxy groups -OCH3 is 1. The fourth-order valence-corrected chi connectivity index (χ4v) is 3.59. The number of ether oxygens (including phenoxy) is 1. The molecule has 0 amide bonds. The highest BCUT2D eigenvalue weighted by molar-refractivity contribution is 7.15. The molecule has 1 aromatic heterocycles. The number of benzene rings is 2. The molecule has 0 aliphatic carbocycles. The van der Waals surface area contributed by atoms with Gasteiger partial charge in [-0.05, 0) is 42.8 Å². The summed E-state index contributed by atoms with van der Waals surface area (Å²) in [5, 5.41) is 3.37. The van der Waals surface area contributed by atoms with E-state index >= 15 is 0 Å². The lowest BCUT2D eigenvalue weighted by atomic mass is 10.1. The first kappa shape index (κ1) is 17.6. The lowest BCUT2D eigenvalue weighted by Gasteiger charge is -2.14. The van der Waals surface area contributed by atoms with E-state index in [1.54, 1.807) is 29.5 Å². The number of nitrogens with one attached hydrogen (secondary N) is 1. The standard InChI is InChI=1S/C20H19F2NOS/c1-13(14-7-9-19(24-2)18(22)11-14)23-12-15-8-10-20(25-15)16-5-3-4-6-17(16)21/h3-11,13,23H,12H2,1-2H3/t13-/m1/s1. The summed E-state index contributed by atoms with van der Waals surface area (Å²) in [5.74, 6) is -0.346. The fourth-order valence-electron chi connectivity index (χ4n) is 2.60. The minimum Gasteiger partial charge on any atom is -0.494 e. The zero-order chi connectivity index (χ0) is 17.8. The van der Waals surface area contributed by atoms with Crippen LogP contribution in [0.25, 0.3) is 10.4 Å². The van der Waals surface area contributed by atoms with Crippen LogP contribution in [0.2, 0.25) is 0 Å². The van der Waals surface area contributed by atoms with Gasteiger partial charge in [0.15, 0.2) is 11.6 Å². The van der Waals surface area contributed by atoms with Gasteiger partial charge >= 0.3 is 0 Å². The van der Waals surface area contributed by atoms with Gasteiger partial charge in [0.05, 0.1) is 7.11 Å². The molecule has 3 rings (SSSR count). The van der Waals surface area contributed by atoms with Gasteiger partial charge in [0.25, 0.3) is 0 Å². The Morgan fingerprint density at radius 3 is 2.56 bits per heavy atom. The predicted octanol–water partition coefficient (Wildman–Crippen LogP) is 5.55. The molecule has 0 unspecified atom stereocenters. The topological polar surface area (TPSA) is 21.3 Å². The van der Waals surface area contributed by atoms with Crippen LogP contribution in [0.5, 0.6) is 5.75 Å².